The number of aryl methyl sites for hydroxylation is 1. The van der Waals surface area contributed by atoms with Gasteiger partial charge in [0.05, 0.1) is 30.7 Å². The zero-order valence-corrected chi connectivity index (χ0v) is 16.4. The lowest BCUT2D eigenvalue weighted by Crippen LogP contribution is -2.46. The van der Waals surface area contributed by atoms with Crippen LogP contribution in [0.5, 0.6) is 0 Å². The van der Waals surface area contributed by atoms with Crippen LogP contribution in [0.2, 0.25) is 0 Å². The SMILES string of the molecule is COCCO[C@H]1CC[C@H](N2CCC(Nc3cc(C)ccc3N)CC2)CC1. The first-order valence-corrected chi connectivity index (χ1v) is 10.1. The molecular weight excluding hydrogens is 326 g/mol. The molecule has 1 aromatic rings. The number of nitrogens with one attached hydrogen (secondary N) is 1. The number of hydrogen-bond acceptors (Lipinski definition) is 5. The van der Waals surface area contributed by atoms with Gasteiger partial charge in [-0.2, -0.15) is 0 Å². The van der Waals surface area contributed by atoms with E-state index in [0.29, 0.717) is 18.8 Å². The Bertz CT molecular complexity index is 550. The molecule has 0 atom stereocenters. The molecular formula is C21H35N3O2. The topological polar surface area (TPSA) is 59.8 Å². The number of methoxy groups -OCH3 is 1. The van der Waals surface area contributed by atoms with Crippen molar-refractivity contribution in [2.75, 3.05) is 44.5 Å². The summed E-state index contributed by atoms with van der Waals surface area (Å²) in [5.41, 5.74) is 9.31. The van der Waals surface area contributed by atoms with Crippen molar-refractivity contribution in [3.05, 3.63) is 23.8 Å². The van der Waals surface area contributed by atoms with E-state index in [-0.39, 0.29) is 0 Å². The molecule has 0 radical (unpaired) electrons. The van der Waals surface area contributed by atoms with Gasteiger partial charge in [-0.05, 0) is 63.1 Å². The van der Waals surface area contributed by atoms with Crippen LogP contribution in [-0.2, 0) is 9.47 Å². The Morgan fingerprint density at radius 2 is 1.81 bits per heavy atom. The van der Waals surface area contributed by atoms with Crippen LogP contribution in [-0.4, -0.2) is 56.5 Å². The normalized spacial score (nSPS) is 25.3. The van der Waals surface area contributed by atoms with Crippen LogP contribution in [0, 0.1) is 6.92 Å². The Kier molecular flexibility index (Phi) is 7.17. The molecule has 1 aliphatic heterocycles. The van der Waals surface area contributed by atoms with Gasteiger partial charge in [-0.25, -0.2) is 0 Å². The van der Waals surface area contributed by atoms with Crippen molar-refractivity contribution in [1.82, 2.24) is 4.90 Å². The van der Waals surface area contributed by atoms with Crippen molar-refractivity contribution in [2.45, 2.75) is 63.6 Å². The Hall–Kier alpha value is -1.30. The van der Waals surface area contributed by atoms with Gasteiger partial charge in [-0.15, -0.1) is 0 Å². The minimum Gasteiger partial charge on any atom is -0.397 e. The Balaban J connectivity index is 1.39. The minimum absolute atomic E-state index is 0.435. The van der Waals surface area contributed by atoms with Gasteiger partial charge < -0.3 is 25.4 Å². The standard InChI is InChI=1S/C21H35N3O2/c1-16-3-8-20(22)21(15-16)23-17-9-11-24(12-10-17)18-4-6-19(7-5-18)26-14-13-25-2/h3,8,15,17-19,23H,4-7,9-14,22H2,1-2H3/t18-,19-. The monoisotopic (exact) mass is 361 g/mol. The minimum atomic E-state index is 0.435. The second kappa shape index (κ2) is 9.58. The van der Waals surface area contributed by atoms with Crippen LogP contribution in [0.15, 0.2) is 18.2 Å². The quantitative estimate of drug-likeness (QED) is 0.575. The number of nitrogens with two attached hydrogens (primary N) is 1. The molecule has 1 saturated heterocycles. The van der Waals surface area contributed by atoms with E-state index in [0.717, 1.165) is 24.0 Å². The number of nitrogen functional groups attached to an aromatic ring is 1. The average molecular weight is 362 g/mol. The molecule has 146 valence electrons. The van der Waals surface area contributed by atoms with Gasteiger partial charge in [0.25, 0.3) is 0 Å². The summed E-state index contributed by atoms with van der Waals surface area (Å²) in [5, 5.41) is 3.67. The summed E-state index contributed by atoms with van der Waals surface area (Å²) in [6.07, 6.45) is 7.72. The highest BCUT2D eigenvalue weighted by atomic mass is 16.5. The van der Waals surface area contributed by atoms with E-state index >= 15 is 0 Å². The lowest BCUT2D eigenvalue weighted by Gasteiger charge is -2.41. The van der Waals surface area contributed by atoms with E-state index in [9.17, 15) is 0 Å². The largest absolute Gasteiger partial charge is 0.397 e. The van der Waals surface area contributed by atoms with Gasteiger partial charge in [0, 0.05) is 32.3 Å². The summed E-state index contributed by atoms with van der Waals surface area (Å²) >= 11 is 0. The molecule has 5 nitrogen and oxygen atoms in total. The van der Waals surface area contributed by atoms with Gasteiger partial charge >= 0.3 is 0 Å². The smallest absolute Gasteiger partial charge is 0.0704 e. The van der Waals surface area contributed by atoms with Crippen molar-refractivity contribution >= 4 is 11.4 Å². The fourth-order valence-corrected chi connectivity index (χ4v) is 4.30. The molecule has 0 aromatic heterocycles. The maximum atomic E-state index is 6.11. The number of hydrogen-bond donors (Lipinski definition) is 2. The predicted molar refractivity (Wildman–Crippen MR) is 108 cm³/mol. The second-order valence-electron chi connectivity index (χ2n) is 7.84. The third-order valence-electron chi connectivity index (χ3n) is 5.90. The summed E-state index contributed by atoms with van der Waals surface area (Å²) in [6, 6.07) is 7.50. The first-order chi connectivity index (χ1) is 12.7. The summed E-state index contributed by atoms with van der Waals surface area (Å²) in [4.78, 5) is 2.70. The fourth-order valence-electron chi connectivity index (χ4n) is 4.30. The van der Waals surface area contributed by atoms with Gasteiger partial charge in [-0.1, -0.05) is 6.07 Å². The average Bonchev–Trinajstić information content (AvgIpc) is 2.66. The fraction of sp³-hybridized carbons (Fsp3) is 0.714. The van der Waals surface area contributed by atoms with E-state index in [1.54, 1.807) is 7.11 Å². The zero-order valence-electron chi connectivity index (χ0n) is 16.4. The lowest BCUT2D eigenvalue weighted by atomic mass is 9.90. The first-order valence-electron chi connectivity index (χ1n) is 10.1. The van der Waals surface area contributed by atoms with Crippen LogP contribution < -0.4 is 11.1 Å². The highest BCUT2D eigenvalue weighted by Crippen LogP contribution is 2.29. The number of anilines is 2. The molecule has 1 heterocycles. The third kappa shape index (κ3) is 5.35. The number of likely N-dealkylation sites (tertiary alicyclic amines) is 1. The van der Waals surface area contributed by atoms with Crippen LogP contribution in [0.25, 0.3) is 0 Å². The molecule has 0 unspecified atom stereocenters. The number of rotatable bonds is 7. The Morgan fingerprint density at radius 3 is 2.50 bits per heavy atom. The number of ether oxygens (including phenoxy) is 2. The summed E-state index contributed by atoms with van der Waals surface area (Å²) in [6.45, 7) is 5.91. The van der Waals surface area contributed by atoms with E-state index in [1.165, 1.54) is 57.2 Å². The Labute approximate surface area is 158 Å². The number of benzene rings is 1. The van der Waals surface area contributed by atoms with Crippen molar-refractivity contribution in [3.8, 4) is 0 Å². The summed E-state index contributed by atoms with van der Waals surface area (Å²) in [5.74, 6) is 0. The highest BCUT2D eigenvalue weighted by molar-refractivity contribution is 5.67. The van der Waals surface area contributed by atoms with Crippen molar-refractivity contribution < 1.29 is 9.47 Å². The Morgan fingerprint density at radius 1 is 1.08 bits per heavy atom. The van der Waals surface area contributed by atoms with Crippen molar-refractivity contribution in [3.63, 3.8) is 0 Å². The third-order valence-corrected chi connectivity index (χ3v) is 5.90. The zero-order chi connectivity index (χ0) is 18.4. The van der Waals surface area contributed by atoms with E-state index in [2.05, 4.69) is 29.3 Å². The van der Waals surface area contributed by atoms with Gasteiger partial charge in [0.1, 0.15) is 0 Å². The molecule has 2 fully saturated rings. The summed E-state index contributed by atoms with van der Waals surface area (Å²) in [7, 11) is 1.73. The first kappa shape index (κ1) is 19.5. The van der Waals surface area contributed by atoms with Crippen molar-refractivity contribution in [1.29, 1.82) is 0 Å². The van der Waals surface area contributed by atoms with E-state index in [1.807, 2.05) is 6.07 Å². The van der Waals surface area contributed by atoms with E-state index < -0.39 is 0 Å². The lowest BCUT2D eigenvalue weighted by molar-refractivity contribution is -0.0163. The van der Waals surface area contributed by atoms with Crippen LogP contribution in [0.1, 0.15) is 44.1 Å². The molecule has 5 heteroatoms. The molecule has 1 saturated carbocycles. The molecule has 1 aliphatic carbocycles. The number of nitrogens with zero attached hydrogens (tertiary/aromatic N) is 1. The van der Waals surface area contributed by atoms with E-state index in [4.69, 9.17) is 15.2 Å². The summed E-state index contributed by atoms with van der Waals surface area (Å²) < 4.78 is 11.0. The number of piperidine rings is 1. The molecule has 3 N–H and O–H groups in total. The molecule has 26 heavy (non-hydrogen) atoms. The molecule has 1 aromatic carbocycles. The van der Waals surface area contributed by atoms with Crippen LogP contribution in [0.4, 0.5) is 11.4 Å². The maximum absolute atomic E-state index is 6.11. The van der Waals surface area contributed by atoms with Gasteiger partial charge in [0.15, 0.2) is 0 Å². The molecule has 0 bridgehead atoms. The second-order valence-corrected chi connectivity index (χ2v) is 7.84. The van der Waals surface area contributed by atoms with Gasteiger partial charge in [0.2, 0.25) is 0 Å². The van der Waals surface area contributed by atoms with Gasteiger partial charge in [-0.3, -0.25) is 0 Å². The van der Waals surface area contributed by atoms with Crippen LogP contribution >= 0.6 is 0 Å². The molecule has 2 aliphatic rings. The predicted octanol–water partition coefficient (Wildman–Crippen LogP) is 3.43. The maximum Gasteiger partial charge on any atom is 0.0704 e. The van der Waals surface area contributed by atoms with Crippen molar-refractivity contribution in [2.24, 2.45) is 0 Å². The molecule has 3 rings (SSSR count). The molecule has 0 spiro atoms. The van der Waals surface area contributed by atoms with Crippen LogP contribution in [0.3, 0.4) is 0 Å². The molecule has 0 amide bonds. The highest BCUT2D eigenvalue weighted by Gasteiger charge is 2.29.